The maximum Gasteiger partial charge on any atom is 0.116 e. The van der Waals surface area contributed by atoms with Crippen molar-refractivity contribution in [1.82, 2.24) is 4.98 Å². The molecule has 0 saturated heterocycles. The summed E-state index contributed by atoms with van der Waals surface area (Å²) in [5.41, 5.74) is 5.12. The molecule has 0 bridgehead atoms. The zero-order valence-corrected chi connectivity index (χ0v) is 29.2. The average Bonchev–Trinajstić information content (AvgIpc) is 3.60. The average molecular weight is 678 g/mol. The molecule has 1 heterocycles. The van der Waals surface area contributed by atoms with Crippen molar-refractivity contribution in [2.24, 2.45) is 0 Å². The van der Waals surface area contributed by atoms with Crippen LogP contribution in [0.15, 0.2) is 121 Å². The van der Waals surface area contributed by atoms with Gasteiger partial charge in [-0.1, -0.05) is 135 Å². The van der Waals surface area contributed by atoms with Gasteiger partial charge in [0.2, 0.25) is 0 Å². The van der Waals surface area contributed by atoms with Crippen LogP contribution in [-0.2, 0) is 43.5 Å². The van der Waals surface area contributed by atoms with Crippen LogP contribution in [0, 0.1) is 0 Å². The van der Waals surface area contributed by atoms with Crippen molar-refractivity contribution in [3.8, 4) is 0 Å². The number of para-hydroxylation sites is 1. The summed E-state index contributed by atoms with van der Waals surface area (Å²) >= 11 is 0. The number of hydrogen-bond donors (Lipinski definition) is 2. The van der Waals surface area contributed by atoms with E-state index in [2.05, 4.69) is 24.0 Å². The smallest absolute Gasteiger partial charge is 0.116 e. The summed E-state index contributed by atoms with van der Waals surface area (Å²) in [6, 6.07) is 38.4. The van der Waals surface area contributed by atoms with Crippen molar-refractivity contribution in [2.45, 2.75) is 102 Å². The molecule has 7 heteroatoms. The number of ether oxygens (including phenoxy) is 5. The third-order valence-corrected chi connectivity index (χ3v) is 9.55. The van der Waals surface area contributed by atoms with E-state index < -0.39 is 36.6 Å². The first-order valence-electron chi connectivity index (χ1n) is 18.1. The number of aliphatic hydroxyl groups excluding tert-OH is 1. The molecule has 1 fully saturated rings. The summed E-state index contributed by atoms with van der Waals surface area (Å²) in [4.78, 5) is 3.37. The van der Waals surface area contributed by atoms with Gasteiger partial charge in [0.05, 0.1) is 25.9 Å². The third-order valence-electron chi connectivity index (χ3n) is 9.55. The summed E-state index contributed by atoms with van der Waals surface area (Å²) in [6.45, 7) is 5.71. The summed E-state index contributed by atoms with van der Waals surface area (Å²) in [6.07, 6.45) is 1.37. The molecular weight excluding hydrogens is 626 g/mol. The first-order chi connectivity index (χ1) is 24.6. The van der Waals surface area contributed by atoms with E-state index in [4.69, 9.17) is 23.7 Å². The second kappa shape index (κ2) is 18.4. The number of H-pyrrole nitrogens is 1. The van der Waals surface area contributed by atoms with E-state index in [1.165, 1.54) is 0 Å². The maximum absolute atomic E-state index is 12.4. The Hall–Kier alpha value is -3.82. The Morgan fingerprint density at radius 3 is 1.64 bits per heavy atom. The van der Waals surface area contributed by atoms with E-state index >= 15 is 0 Å². The van der Waals surface area contributed by atoms with Gasteiger partial charge in [-0.05, 0) is 36.1 Å². The van der Waals surface area contributed by atoms with Crippen LogP contribution >= 0.6 is 0 Å². The Morgan fingerprint density at radius 1 is 0.580 bits per heavy atom. The molecule has 7 atom stereocenters. The molecule has 7 unspecified atom stereocenters. The van der Waals surface area contributed by atoms with E-state index in [9.17, 15) is 5.11 Å². The van der Waals surface area contributed by atoms with Gasteiger partial charge in [0.1, 0.15) is 36.6 Å². The van der Waals surface area contributed by atoms with Crippen LogP contribution in [0.5, 0.6) is 0 Å². The lowest BCUT2D eigenvalue weighted by atomic mass is 9.83. The van der Waals surface area contributed by atoms with Crippen LogP contribution in [0.1, 0.15) is 67.9 Å². The predicted molar refractivity (Wildman–Crippen MR) is 197 cm³/mol. The van der Waals surface area contributed by atoms with E-state index in [1.807, 2.05) is 116 Å². The first kappa shape index (κ1) is 36.0. The Kier molecular flexibility index (Phi) is 13.3. The molecule has 0 aliphatic heterocycles. The zero-order chi connectivity index (χ0) is 34.5. The normalized spacial score (nSPS) is 22.9. The molecule has 2 N–H and O–H groups in total. The highest BCUT2D eigenvalue weighted by Gasteiger charge is 2.54. The first-order valence-corrected chi connectivity index (χ1v) is 18.1. The highest BCUT2D eigenvalue weighted by atomic mass is 16.6. The number of hydrogen-bond acceptors (Lipinski definition) is 6. The van der Waals surface area contributed by atoms with Crippen molar-refractivity contribution >= 4 is 10.9 Å². The van der Waals surface area contributed by atoms with Gasteiger partial charge >= 0.3 is 0 Å². The zero-order valence-electron chi connectivity index (χ0n) is 29.2. The minimum Gasteiger partial charge on any atom is -0.387 e. The lowest BCUT2D eigenvalue weighted by molar-refractivity contribution is -0.285. The second-order valence-electron chi connectivity index (χ2n) is 13.2. The molecule has 1 aromatic heterocycles. The van der Waals surface area contributed by atoms with Gasteiger partial charge in [-0.25, -0.2) is 0 Å². The Bertz CT molecular complexity index is 1680. The quantitative estimate of drug-likeness (QED) is 0.0904. The fourth-order valence-electron chi connectivity index (χ4n) is 6.84. The van der Waals surface area contributed by atoms with Crippen LogP contribution in [0.25, 0.3) is 10.9 Å². The number of fused-ring (bicyclic) bond motifs is 1. The number of aromatic amines is 1. The summed E-state index contributed by atoms with van der Waals surface area (Å²) < 4.78 is 33.9. The van der Waals surface area contributed by atoms with Gasteiger partial charge in [0.15, 0.2) is 0 Å². The third kappa shape index (κ3) is 9.29. The Morgan fingerprint density at radius 2 is 1.08 bits per heavy atom. The Labute approximate surface area is 296 Å². The standard InChI is InChI=1S/C43H51NO6/c1-3-4-5-17-26-46-39-38(45)40(50-31(2)36-27-44-37-25-16-15-24-35(36)37)42(48-29-33-20-11-7-12-21-33)43(49-30-34-22-13-8-14-23-34)41(39)47-28-32-18-9-6-10-19-32/h6-16,18-25,27,31,38-45H,3-5,17,26,28-30H2,1-2H3. The van der Waals surface area contributed by atoms with Crippen molar-refractivity contribution in [3.05, 3.63) is 144 Å². The summed E-state index contributed by atoms with van der Waals surface area (Å²) in [5.74, 6) is 0. The summed E-state index contributed by atoms with van der Waals surface area (Å²) in [5, 5.41) is 13.4. The highest BCUT2D eigenvalue weighted by Crippen LogP contribution is 2.37. The van der Waals surface area contributed by atoms with Crippen LogP contribution in [0.3, 0.4) is 0 Å². The van der Waals surface area contributed by atoms with Crippen LogP contribution in [0.4, 0.5) is 0 Å². The molecule has 50 heavy (non-hydrogen) atoms. The van der Waals surface area contributed by atoms with E-state index in [0.29, 0.717) is 26.4 Å². The van der Waals surface area contributed by atoms with E-state index in [-0.39, 0.29) is 6.10 Å². The number of benzene rings is 4. The number of rotatable bonds is 18. The molecule has 6 rings (SSSR count). The van der Waals surface area contributed by atoms with Gasteiger partial charge < -0.3 is 33.8 Å². The van der Waals surface area contributed by atoms with Gasteiger partial charge in [-0.3, -0.25) is 0 Å². The molecule has 4 aromatic carbocycles. The lowest BCUT2D eigenvalue weighted by Gasteiger charge is -2.49. The minimum absolute atomic E-state index is 0.318. The molecule has 5 aromatic rings. The number of unbranched alkanes of at least 4 members (excludes halogenated alkanes) is 3. The number of aliphatic hydroxyl groups is 1. The number of aromatic nitrogens is 1. The van der Waals surface area contributed by atoms with Crippen molar-refractivity contribution in [1.29, 1.82) is 0 Å². The largest absolute Gasteiger partial charge is 0.387 e. The van der Waals surface area contributed by atoms with Gasteiger partial charge in [0, 0.05) is 29.3 Å². The topological polar surface area (TPSA) is 82.2 Å². The predicted octanol–water partition coefficient (Wildman–Crippen LogP) is 8.71. The second-order valence-corrected chi connectivity index (χ2v) is 13.2. The van der Waals surface area contributed by atoms with Crippen LogP contribution in [-0.4, -0.2) is 53.3 Å². The van der Waals surface area contributed by atoms with E-state index in [0.717, 1.165) is 58.8 Å². The van der Waals surface area contributed by atoms with E-state index in [1.54, 1.807) is 0 Å². The van der Waals surface area contributed by atoms with Gasteiger partial charge in [-0.2, -0.15) is 0 Å². The fraction of sp³-hybridized carbons (Fsp3) is 0.395. The lowest BCUT2D eigenvalue weighted by Crippen LogP contribution is -2.67. The maximum atomic E-state index is 12.4. The molecule has 7 nitrogen and oxygen atoms in total. The molecular formula is C43H51NO6. The van der Waals surface area contributed by atoms with Crippen LogP contribution < -0.4 is 0 Å². The number of nitrogens with one attached hydrogen (secondary N) is 1. The monoisotopic (exact) mass is 677 g/mol. The molecule has 1 aliphatic carbocycles. The minimum atomic E-state index is -1.05. The Balaban J connectivity index is 1.35. The molecule has 264 valence electrons. The highest BCUT2D eigenvalue weighted by molar-refractivity contribution is 5.83. The van der Waals surface area contributed by atoms with Crippen LogP contribution in [0.2, 0.25) is 0 Å². The molecule has 1 saturated carbocycles. The molecule has 1 aliphatic rings. The molecule has 0 amide bonds. The summed E-state index contributed by atoms with van der Waals surface area (Å²) in [7, 11) is 0. The fourth-order valence-corrected chi connectivity index (χ4v) is 6.84. The van der Waals surface area contributed by atoms with Gasteiger partial charge in [-0.15, -0.1) is 0 Å². The van der Waals surface area contributed by atoms with Crippen molar-refractivity contribution in [3.63, 3.8) is 0 Å². The molecule has 0 spiro atoms. The SMILES string of the molecule is CCCCCCOC1C(O)C(OC(C)c2c[nH]c3ccccc23)C(OCc2ccccc2)C(OCc2ccccc2)C1OCc1ccccc1. The molecule has 0 radical (unpaired) electrons. The van der Waals surface area contributed by atoms with Crippen molar-refractivity contribution < 1.29 is 28.8 Å². The van der Waals surface area contributed by atoms with Crippen molar-refractivity contribution in [2.75, 3.05) is 6.61 Å². The van der Waals surface area contributed by atoms with Gasteiger partial charge in [0.25, 0.3) is 0 Å².